The van der Waals surface area contributed by atoms with Crippen LogP contribution in [0.5, 0.6) is 0 Å². The quantitative estimate of drug-likeness (QED) is 0.617. The zero-order chi connectivity index (χ0) is 11.1. The molecule has 15 heavy (non-hydrogen) atoms. The van der Waals surface area contributed by atoms with Crippen molar-refractivity contribution in [3.63, 3.8) is 0 Å². The second kappa shape index (κ2) is 6.33. The zero-order valence-corrected chi connectivity index (χ0v) is 8.87. The van der Waals surface area contributed by atoms with Gasteiger partial charge in [-0.05, 0) is 45.3 Å². The summed E-state index contributed by atoms with van der Waals surface area (Å²) < 4.78 is 35.2. The standard InChI is InChI=1S/C10H19F3N2/c11-10(12,13)5-1-6-14-7-2-8-15-9-3-4-9/h9,14-15H,1-8H2. The lowest BCUT2D eigenvalue weighted by atomic mass is 10.3. The fraction of sp³-hybridized carbons (Fsp3) is 1.00. The average molecular weight is 224 g/mol. The number of nitrogens with one attached hydrogen (secondary N) is 2. The van der Waals surface area contributed by atoms with E-state index >= 15 is 0 Å². The van der Waals surface area contributed by atoms with E-state index in [0.717, 1.165) is 25.6 Å². The molecule has 0 aromatic rings. The molecular formula is C10H19F3N2. The summed E-state index contributed by atoms with van der Waals surface area (Å²) in [6, 6.07) is 0.718. The second-order valence-corrected chi connectivity index (χ2v) is 4.05. The highest BCUT2D eigenvalue weighted by atomic mass is 19.4. The number of hydrogen-bond acceptors (Lipinski definition) is 2. The SMILES string of the molecule is FC(F)(F)CCCNCCCNC1CC1. The topological polar surface area (TPSA) is 24.1 Å². The van der Waals surface area contributed by atoms with Crippen LogP contribution in [0, 0.1) is 0 Å². The van der Waals surface area contributed by atoms with E-state index in [1.807, 2.05) is 0 Å². The summed E-state index contributed by atoms with van der Waals surface area (Å²) >= 11 is 0. The van der Waals surface area contributed by atoms with Crippen LogP contribution in [0.4, 0.5) is 13.2 Å². The van der Waals surface area contributed by atoms with Crippen molar-refractivity contribution in [1.82, 2.24) is 10.6 Å². The molecule has 1 aliphatic rings. The van der Waals surface area contributed by atoms with Crippen LogP contribution in [0.2, 0.25) is 0 Å². The molecule has 0 aromatic heterocycles. The van der Waals surface area contributed by atoms with Crippen LogP contribution in [0.1, 0.15) is 32.1 Å². The van der Waals surface area contributed by atoms with E-state index in [1.54, 1.807) is 0 Å². The van der Waals surface area contributed by atoms with Crippen molar-refractivity contribution < 1.29 is 13.2 Å². The van der Waals surface area contributed by atoms with Gasteiger partial charge in [-0.1, -0.05) is 0 Å². The molecule has 2 nitrogen and oxygen atoms in total. The predicted octanol–water partition coefficient (Wildman–Crippen LogP) is 2.06. The maximum absolute atomic E-state index is 11.7. The Labute approximate surface area is 88.6 Å². The normalized spacial score (nSPS) is 17.0. The highest BCUT2D eigenvalue weighted by Crippen LogP contribution is 2.20. The summed E-state index contributed by atoms with van der Waals surface area (Å²) in [6.45, 7) is 2.23. The Bertz CT molecular complexity index is 167. The molecule has 0 aromatic carbocycles. The molecule has 0 radical (unpaired) electrons. The molecule has 0 spiro atoms. The van der Waals surface area contributed by atoms with Crippen molar-refractivity contribution >= 4 is 0 Å². The summed E-state index contributed by atoms with van der Waals surface area (Å²) in [4.78, 5) is 0. The molecule has 1 aliphatic carbocycles. The van der Waals surface area contributed by atoms with E-state index in [9.17, 15) is 13.2 Å². The molecule has 5 heteroatoms. The number of rotatable bonds is 8. The van der Waals surface area contributed by atoms with Gasteiger partial charge in [0.1, 0.15) is 0 Å². The number of hydrogen-bond donors (Lipinski definition) is 2. The minimum absolute atomic E-state index is 0.180. The van der Waals surface area contributed by atoms with E-state index in [0.29, 0.717) is 6.54 Å². The van der Waals surface area contributed by atoms with Crippen LogP contribution in [-0.2, 0) is 0 Å². The van der Waals surface area contributed by atoms with Crippen molar-refractivity contribution in [1.29, 1.82) is 0 Å². The Morgan fingerprint density at radius 3 is 2.27 bits per heavy atom. The van der Waals surface area contributed by atoms with Crippen LogP contribution in [0.15, 0.2) is 0 Å². The van der Waals surface area contributed by atoms with Crippen molar-refractivity contribution in [3.8, 4) is 0 Å². The first-order valence-electron chi connectivity index (χ1n) is 5.59. The van der Waals surface area contributed by atoms with Gasteiger partial charge < -0.3 is 10.6 Å². The van der Waals surface area contributed by atoms with Gasteiger partial charge in [0.25, 0.3) is 0 Å². The van der Waals surface area contributed by atoms with Crippen LogP contribution in [0.3, 0.4) is 0 Å². The van der Waals surface area contributed by atoms with E-state index in [4.69, 9.17) is 0 Å². The van der Waals surface area contributed by atoms with Gasteiger partial charge in [0.05, 0.1) is 0 Å². The number of halogens is 3. The van der Waals surface area contributed by atoms with Crippen LogP contribution in [-0.4, -0.2) is 31.9 Å². The molecule has 0 aliphatic heterocycles. The Balaban J connectivity index is 1.72. The molecular weight excluding hydrogens is 205 g/mol. The summed E-state index contributed by atoms with van der Waals surface area (Å²) in [7, 11) is 0. The molecule has 1 rings (SSSR count). The molecule has 0 saturated heterocycles. The Morgan fingerprint density at radius 2 is 1.67 bits per heavy atom. The van der Waals surface area contributed by atoms with E-state index in [1.165, 1.54) is 12.8 Å². The third-order valence-corrected chi connectivity index (χ3v) is 2.35. The van der Waals surface area contributed by atoms with Crippen molar-refractivity contribution in [2.45, 2.75) is 44.3 Å². The summed E-state index contributed by atoms with van der Waals surface area (Å²) in [5.74, 6) is 0. The highest BCUT2D eigenvalue weighted by Gasteiger charge is 2.25. The summed E-state index contributed by atoms with van der Waals surface area (Å²) in [5.41, 5.74) is 0. The first-order valence-corrected chi connectivity index (χ1v) is 5.59. The lowest BCUT2D eigenvalue weighted by molar-refractivity contribution is -0.135. The molecule has 0 atom stereocenters. The van der Waals surface area contributed by atoms with E-state index in [2.05, 4.69) is 10.6 Å². The Morgan fingerprint density at radius 1 is 1.00 bits per heavy atom. The van der Waals surface area contributed by atoms with Crippen LogP contribution in [0.25, 0.3) is 0 Å². The van der Waals surface area contributed by atoms with Crippen molar-refractivity contribution in [2.75, 3.05) is 19.6 Å². The third-order valence-electron chi connectivity index (χ3n) is 2.35. The highest BCUT2D eigenvalue weighted by molar-refractivity contribution is 4.80. The largest absolute Gasteiger partial charge is 0.389 e. The minimum atomic E-state index is -4.00. The molecule has 2 N–H and O–H groups in total. The molecule has 0 heterocycles. The second-order valence-electron chi connectivity index (χ2n) is 4.05. The first-order chi connectivity index (χ1) is 7.08. The van der Waals surface area contributed by atoms with Gasteiger partial charge in [-0.15, -0.1) is 0 Å². The maximum Gasteiger partial charge on any atom is 0.389 e. The smallest absolute Gasteiger partial charge is 0.317 e. The molecule has 0 bridgehead atoms. The summed E-state index contributed by atoms with van der Waals surface area (Å²) in [6.07, 6.45) is -0.963. The molecule has 1 saturated carbocycles. The lowest BCUT2D eigenvalue weighted by Crippen LogP contribution is -2.24. The fourth-order valence-electron chi connectivity index (χ4n) is 1.35. The molecule has 90 valence electrons. The monoisotopic (exact) mass is 224 g/mol. The van der Waals surface area contributed by atoms with E-state index in [-0.39, 0.29) is 6.42 Å². The van der Waals surface area contributed by atoms with Gasteiger partial charge in [0.15, 0.2) is 0 Å². The van der Waals surface area contributed by atoms with Crippen molar-refractivity contribution in [2.24, 2.45) is 0 Å². The zero-order valence-electron chi connectivity index (χ0n) is 8.87. The van der Waals surface area contributed by atoms with Gasteiger partial charge in [-0.25, -0.2) is 0 Å². The predicted molar refractivity (Wildman–Crippen MR) is 53.8 cm³/mol. The van der Waals surface area contributed by atoms with Gasteiger partial charge in [0.2, 0.25) is 0 Å². The van der Waals surface area contributed by atoms with Crippen molar-refractivity contribution in [3.05, 3.63) is 0 Å². The third kappa shape index (κ3) is 8.69. The van der Waals surface area contributed by atoms with Gasteiger partial charge >= 0.3 is 6.18 Å². The maximum atomic E-state index is 11.7. The van der Waals surface area contributed by atoms with Crippen LogP contribution < -0.4 is 10.6 Å². The van der Waals surface area contributed by atoms with Crippen LogP contribution >= 0.6 is 0 Å². The lowest BCUT2D eigenvalue weighted by Gasteiger charge is -2.07. The molecule has 0 unspecified atom stereocenters. The van der Waals surface area contributed by atoms with Gasteiger partial charge in [0, 0.05) is 12.5 Å². The van der Waals surface area contributed by atoms with Gasteiger partial charge in [-0.3, -0.25) is 0 Å². The Kier molecular flexibility index (Phi) is 5.39. The van der Waals surface area contributed by atoms with E-state index < -0.39 is 12.6 Å². The fourth-order valence-corrected chi connectivity index (χ4v) is 1.35. The minimum Gasteiger partial charge on any atom is -0.317 e. The van der Waals surface area contributed by atoms with Gasteiger partial charge in [-0.2, -0.15) is 13.2 Å². The first kappa shape index (κ1) is 12.8. The molecule has 1 fully saturated rings. The molecule has 0 amide bonds. The number of alkyl halides is 3. The summed E-state index contributed by atoms with van der Waals surface area (Å²) in [5, 5.41) is 6.36. The Hall–Kier alpha value is -0.290. The average Bonchev–Trinajstić information content (AvgIpc) is 2.91.